The maximum Gasteiger partial charge on any atom is 0.243 e. The molecule has 0 unspecified atom stereocenters. The molecule has 0 radical (unpaired) electrons. The molecule has 0 aliphatic carbocycles. The quantitative estimate of drug-likeness (QED) is 0.790. The Kier molecular flexibility index (Phi) is 5.85. The zero-order valence-corrected chi connectivity index (χ0v) is 16.7. The van der Waals surface area contributed by atoms with E-state index < -0.39 is 42.6 Å². The van der Waals surface area contributed by atoms with E-state index in [4.69, 9.17) is 0 Å². The van der Waals surface area contributed by atoms with Gasteiger partial charge in [0.05, 0.1) is 9.79 Å². The predicted octanol–water partition coefficient (Wildman–Crippen LogP) is 2.40. The summed E-state index contributed by atoms with van der Waals surface area (Å²) in [6, 6.07) is 8.05. The van der Waals surface area contributed by atoms with E-state index in [1.807, 2.05) is 6.92 Å². The number of piperidine rings is 1. The van der Waals surface area contributed by atoms with Crippen LogP contribution in [0.2, 0.25) is 0 Å². The summed E-state index contributed by atoms with van der Waals surface area (Å²) in [5, 5.41) is 0. The summed E-state index contributed by atoms with van der Waals surface area (Å²) in [4.78, 5) is -0.313. The first-order valence-electron chi connectivity index (χ1n) is 8.63. The smallest absolute Gasteiger partial charge is 0.208 e. The lowest BCUT2D eigenvalue weighted by molar-refractivity contribution is 0.308. The van der Waals surface area contributed by atoms with Crippen LogP contribution < -0.4 is 4.72 Å². The fraction of sp³-hybridized carbons (Fsp3) is 0.333. The summed E-state index contributed by atoms with van der Waals surface area (Å²) in [6.45, 7) is 2.14. The fourth-order valence-corrected chi connectivity index (χ4v) is 5.86. The van der Waals surface area contributed by atoms with Gasteiger partial charge in [0.1, 0.15) is 11.6 Å². The molecule has 1 saturated heterocycles. The molecule has 0 bridgehead atoms. The highest BCUT2D eigenvalue weighted by Crippen LogP contribution is 2.22. The molecular weight excluding hydrogens is 410 g/mol. The van der Waals surface area contributed by atoms with Crippen LogP contribution in [0.1, 0.15) is 18.4 Å². The van der Waals surface area contributed by atoms with Crippen LogP contribution in [0.15, 0.2) is 52.3 Å². The van der Waals surface area contributed by atoms with E-state index in [2.05, 4.69) is 4.72 Å². The predicted molar refractivity (Wildman–Crippen MR) is 99.6 cm³/mol. The zero-order valence-electron chi connectivity index (χ0n) is 15.1. The Morgan fingerprint density at radius 2 is 1.43 bits per heavy atom. The van der Waals surface area contributed by atoms with Crippen LogP contribution in [0, 0.1) is 18.6 Å². The van der Waals surface area contributed by atoms with Crippen molar-refractivity contribution in [1.29, 1.82) is 0 Å². The molecule has 1 aliphatic heterocycles. The number of rotatable bonds is 5. The Morgan fingerprint density at radius 3 is 1.96 bits per heavy atom. The third-order valence-corrected chi connectivity index (χ3v) is 7.99. The Hall–Kier alpha value is -1.88. The normalized spacial score (nSPS) is 17.0. The second-order valence-electron chi connectivity index (χ2n) is 6.72. The number of halogens is 2. The number of hydrogen-bond acceptors (Lipinski definition) is 4. The van der Waals surface area contributed by atoms with Crippen LogP contribution in [0.5, 0.6) is 0 Å². The molecular formula is C18H20F2N2O4S2. The van der Waals surface area contributed by atoms with E-state index in [0.717, 1.165) is 17.7 Å². The Morgan fingerprint density at radius 1 is 0.893 bits per heavy atom. The van der Waals surface area contributed by atoms with Gasteiger partial charge in [-0.25, -0.2) is 30.3 Å². The van der Waals surface area contributed by atoms with Crippen molar-refractivity contribution >= 4 is 20.0 Å². The average Bonchev–Trinajstić information content (AvgIpc) is 2.61. The molecule has 2 aromatic carbocycles. The first kappa shape index (κ1) is 20.8. The van der Waals surface area contributed by atoms with Gasteiger partial charge in [-0.2, -0.15) is 4.31 Å². The summed E-state index contributed by atoms with van der Waals surface area (Å²) in [5.41, 5.74) is 0.945. The molecule has 2 aromatic rings. The highest BCUT2D eigenvalue weighted by Gasteiger charge is 2.31. The van der Waals surface area contributed by atoms with Gasteiger partial charge < -0.3 is 0 Å². The SMILES string of the molecule is Cc1ccc(S(=O)(=O)N2CCC(NS(=O)(=O)c3cc(F)cc(F)c3)CC2)cc1. The van der Waals surface area contributed by atoms with Crippen molar-refractivity contribution in [3.8, 4) is 0 Å². The molecule has 152 valence electrons. The molecule has 3 rings (SSSR count). The first-order valence-corrected chi connectivity index (χ1v) is 11.6. The lowest BCUT2D eigenvalue weighted by atomic mass is 10.1. The molecule has 1 fully saturated rings. The first-order chi connectivity index (χ1) is 13.1. The summed E-state index contributed by atoms with van der Waals surface area (Å²) in [6.07, 6.45) is 0.504. The van der Waals surface area contributed by atoms with Gasteiger partial charge in [-0.1, -0.05) is 17.7 Å². The summed E-state index contributed by atoms with van der Waals surface area (Å²) in [7, 11) is -7.77. The molecule has 6 nitrogen and oxygen atoms in total. The van der Waals surface area contributed by atoms with Crippen molar-refractivity contribution < 1.29 is 25.6 Å². The second-order valence-corrected chi connectivity index (χ2v) is 10.4. The van der Waals surface area contributed by atoms with E-state index >= 15 is 0 Å². The van der Waals surface area contributed by atoms with Crippen molar-refractivity contribution in [2.75, 3.05) is 13.1 Å². The Bertz CT molecular complexity index is 1040. The van der Waals surface area contributed by atoms with Crippen LogP contribution in [0.4, 0.5) is 8.78 Å². The lowest BCUT2D eigenvalue weighted by Gasteiger charge is -2.31. The van der Waals surface area contributed by atoms with Crippen LogP contribution in [0.3, 0.4) is 0 Å². The van der Waals surface area contributed by atoms with E-state index in [0.29, 0.717) is 6.07 Å². The van der Waals surface area contributed by atoms with Gasteiger partial charge in [-0.15, -0.1) is 0 Å². The fourth-order valence-electron chi connectivity index (χ4n) is 3.04. The van der Waals surface area contributed by atoms with E-state index in [1.165, 1.54) is 16.4 Å². The van der Waals surface area contributed by atoms with Crippen molar-refractivity contribution in [1.82, 2.24) is 9.03 Å². The maximum atomic E-state index is 13.3. The topological polar surface area (TPSA) is 83.6 Å². The Labute approximate surface area is 163 Å². The van der Waals surface area contributed by atoms with E-state index in [-0.39, 0.29) is 30.8 Å². The average molecular weight is 430 g/mol. The largest absolute Gasteiger partial charge is 0.243 e. The van der Waals surface area contributed by atoms with Crippen molar-refractivity contribution in [2.24, 2.45) is 0 Å². The zero-order chi connectivity index (χ0) is 20.5. The summed E-state index contributed by atoms with van der Waals surface area (Å²) < 4.78 is 80.4. The molecule has 1 N–H and O–H groups in total. The summed E-state index contributed by atoms with van der Waals surface area (Å²) in [5.74, 6) is -1.97. The van der Waals surface area contributed by atoms with Crippen LogP contribution >= 0.6 is 0 Å². The van der Waals surface area contributed by atoms with Crippen LogP contribution in [0.25, 0.3) is 0 Å². The molecule has 1 aliphatic rings. The van der Waals surface area contributed by atoms with Gasteiger partial charge in [-0.3, -0.25) is 0 Å². The van der Waals surface area contributed by atoms with Crippen molar-refractivity contribution in [3.05, 3.63) is 59.7 Å². The second kappa shape index (κ2) is 7.86. The number of aryl methyl sites for hydroxylation is 1. The van der Waals surface area contributed by atoms with Gasteiger partial charge in [0.15, 0.2) is 0 Å². The highest BCUT2D eigenvalue weighted by molar-refractivity contribution is 7.89. The van der Waals surface area contributed by atoms with Crippen molar-refractivity contribution in [3.63, 3.8) is 0 Å². The third-order valence-electron chi connectivity index (χ3n) is 4.58. The molecule has 0 atom stereocenters. The molecule has 10 heteroatoms. The minimum Gasteiger partial charge on any atom is -0.208 e. The minimum atomic E-state index is -4.11. The highest BCUT2D eigenvalue weighted by atomic mass is 32.2. The molecule has 0 saturated carbocycles. The molecule has 0 amide bonds. The van der Waals surface area contributed by atoms with Gasteiger partial charge in [0.2, 0.25) is 20.0 Å². The maximum absolute atomic E-state index is 13.3. The number of nitrogens with zero attached hydrogens (tertiary/aromatic N) is 1. The minimum absolute atomic E-state index is 0.140. The number of nitrogens with one attached hydrogen (secondary N) is 1. The van der Waals surface area contributed by atoms with Crippen molar-refractivity contribution in [2.45, 2.75) is 35.6 Å². The van der Waals surface area contributed by atoms with Gasteiger partial charge in [-0.05, 0) is 44.0 Å². The number of benzene rings is 2. The Balaban J connectivity index is 1.67. The van der Waals surface area contributed by atoms with Gasteiger partial charge in [0, 0.05) is 25.2 Å². The molecule has 0 aromatic heterocycles. The van der Waals surface area contributed by atoms with Crippen LogP contribution in [-0.2, 0) is 20.0 Å². The third kappa shape index (κ3) is 4.57. The van der Waals surface area contributed by atoms with Gasteiger partial charge >= 0.3 is 0 Å². The molecule has 0 spiro atoms. The van der Waals surface area contributed by atoms with E-state index in [9.17, 15) is 25.6 Å². The molecule has 28 heavy (non-hydrogen) atoms. The molecule has 1 heterocycles. The number of sulfonamides is 2. The van der Waals surface area contributed by atoms with Gasteiger partial charge in [0.25, 0.3) is 0 Å². The summed E-state index contributed by atoms with van der Waals surface area (Å²) >= 11 is 0. The number of hydrogen-bond donors (Lipinski definition) is 1. The standard InChI is InChI=1S/C18H20F2N2O4S2/c1-13-2-4-17(5-3-13)28(25,26)22-8-6-16(7-9-22)21-27(23,24)18-11-14(19)10-15(20)12-18/h2-5,10-12,16,21H,6-9H2,1H3. The van der Waals surface area contributed by atoms with E-state index in [1.54, 1.807) is 12.1 Å². The lowest BCUT2D eigenvalue weighted by Crippen LogP contribution is -2.46. The monoisotopic (exact) mass is 430 g/mol. The van der Waals surface area contributed by atoms with Crippen LogP contribution in [-0.4, -0.2) is 40.3 Å².